The van der Waals surface area contributed by atoms with Crippen LogP contribution in [0.15, 0.2) is 36.4 Å². The first-order chi connectivity index (χ1) is 34.3. The number of unbranched alkanes of at least 4 members (excludes halogenated alkanes) is 26. The van der Waals surface area contributed by atoms with Gasteiger partial charge >= 0.3 is 23.9 Å². The van der Waals surface area contributed by atoms with Crippen molar-refractivity contribution in [3.8, 4) is 0 Å². The topological polar surface area (TPSA) is 105 Å². The first-order valence-electron chi connectivity index (χ1n) is 29.4. The van der Waals surface area contributed by atoms with Crippen LogP contribution in [-0.2, 0) is 18.9 Å². The minimum absolute atomic E-state index is 0.105. The lowest BCUT2D eigenvalue weighted by atomic mass is 9.97. The fraction of sp³-hybridized carbons (Fsp3) is 0.774. The number of carbonyl (C=O) groups excluding carboxylic acids is 4. The maximum atomic E-state index is 13.9. The van der Waals surface area contributed by atoms with Crippen molar-refractivity contribution in [2.24, 2.45) is 11.8 Å². The van der Waals surface area contributed by atoms with Gasteiger partial charge in [-0.3, -0.25) is 0 Å². The first-order valence-corrected chi connectivity index (χ1v) is 29.4. The fourth-order valence-electron chi connectivity index (χ4n) is 8.80. The molecule has 2 unspecified atom stereocenters. The van der Waals surface area contributed by atoms with Gasteiger partial charge in [-0.2, -0.15) is 0 Å². The molecule has 0 bridgehead atoms. The summed E-state index contributed by atoms with van der Waals surface area (Å²) in [6.07, 6.45) is 49.9. The van der Waals surface area contributed by atoms with Crippen molar-refractivity contribution >= 4 is 23.9 Å². The number of hydrogen-bond acceptors (Lipinski definition) is 8. The van der Waals surface area contributed by atoms with E-state index in [2.05, 4.69) is 65.8 Å². The van der Waals surface area contributed by atoms with Gasteiger partial charge in [-0.1, -0.05) is 220 Å². The van der Waals surface area contributed by atoms with Crippen molar-refractivity contribution in [2.75, 3.05) is 26.4 Å². The van der Waals surface area contributed by atoms with Gasteiger partial charge in [0.15, 0.2) is 0 Å². The van der Waals surface area contributed by atoms with Crippen molar-refractivity contribution < 1.29 is 38.1 Å². The molecular formula is C62H106O8. The van der Waals surface area contributed by atoms with Crippen LogP contribution in [0.25, 0.3) is 0 Å². The zero-order valence-corrected chi connectivity index (χ0v) is 46.2. The highest BCUT2D eigenvalue weighted by molar-refractivity contribution is 6.10. The van der Waals surface area contributed by atoms with E-state index in [9.17, 15) is 19.2 Å². The van der Waals surface area contributed by atoms with Crippen molar-refractivity contribution in [3.05, 3.63) is 58.7 Å². The van der Waals surface area contributed by atoms with Gasteiger partial charge in [-0.15, -0.1) is 0 Å². The van der Waals surface area contributed by atoms with Gasteiger partial charge in [0.1, 0.15) is 0 Å². The molecular weight excluding hydrogens is 873 g/mol. The molecule has 0 heterocycles. The summed E-state index contributed by atoms with van der Waals surface area (Å²) in [7, 11) is 0. The zero-order valence-electron chi connectivity index (χ0n) is 46.2. The summed E-state index contributed by atoms with van der Waals surface area (Å²) in [6, 6.07) is 2.59. The molecule has 1 aromatic rings. The van der Waals surface area contributed by atoms with Crippen molar-refractivity contribution in [1.82, 2.24) is 0 Å². The molecule has 0 fully saturated rings. The van der Waals surface area contributed by atoms with Crippen LogP contribution in [-0.4, -0.2) is 50.3 Å². The lowest BCUT2D eigenvalue weighted by Crippen LogP contribution is -2.23. The first kappa shape index (κ1) is 64.6. The number of rotatable bonds is 48. The molecule has 1 rings (SSSR count). The van der Waals surface area contributed by atoms with Gasteiger partial charge in [0, 0.05) is 0 Å². The quantitative estimate of drug-likeness (QED) is 0.0275. The van der Waals surface area contributed by atoms with Crippen LogP contribution in [0.4, 0.5) is 0 Å². The number of ether oxygens (including phenoxy) is 4. The molecule has 2 atom stereocenters. The number of hydrogen-bond donors (Lipinski definition) is 0. The second kappa shape index (κ2) is 46.6. The Morgan fingerprint density at radius 2 is 0.600 bits per heavy atom. The predicted molar refractivity (Wildman–Crippen MR) is 293 cm³/mol. The van der Waals surface area contributed by atoms with E-state index in [4.69, 9.17) is 18.9 Å². The van der Waals surface area contributed by atoms with E-state index in [1.165, 1.54) is 128 Å². The molecule has 0 saturated heterocycles. The third kappa shape index (κ3) is 33.3. The monoisotopic (exact) mass is 979 g/mol. The van der Waals surface area contributed by atoms with Crippen LogP contribution in [0.1, 0.15) is 314 Å². The SMILES string of the molecule is CCCCCCCC/C=C\CCCCCCCCOC(=O)c1cc(C(=O)OCCCCCCCC/C=C\CCCCCCCC)c(C(=O)OCC(CC)CCCC)cc1C(=O)OCC(CC)CCCC. The normalized spacial score (nSPS) is 12.4. The predicted octanol–water partition coefficient (Wildman–Crippen LogP) is 18.8. The molecule has 0 saturated carbocycles. The van der Waals surface area contributed by atoms with Gasteiger partial charge in [-0.25, -0.2) is 19.2 Å². The van der Waals surface area contributed by atoms with E-state index in [1.54, 1.807) is 0 Å². The van der Waals surface area contributed by atoms with Gasteiger partial charge in [-0.05, 0) is 101 Å². The lowest BCUT2D eigenvalue weighted by Gasteiger charge is -2.18. The standard InChI is InChI=1S/C62H106O8/c1-7-13-17-19-21-23-25-27-29-31-33-35-37-39-41-43-47-67-59(63)55-49-56(60(64)68-48-44-42-40-38-36-34-32-30-28-26-24-22-20-18-14-8-2)58(62(66)70-52-54(12-6)46-16-10-4)50-57(55)61(65)69-51-53(11-5)45-15-9-3/h27-30,49-50,53-54H,7-26,31-48,51-52H2,1-6H3/b29-27-,30-28-. The van der Waals surface area contributed by atoms with E-state index in [1.807, 2.05) is 0 Å². The minimum atomic E-state index is -0.731. The van der Waals surface area contributed by atoms with E-state index in [-0.39, 0.29) is 60.5 Å². The molecule has 1 aromatic carbocycles. The third-order valence-corrected chi connectivity index (χ3v) is 13.8. The molecule has 0 aliphatic heterocycles. The molecule has 8 nitrogen and oxygen atoms in total. The zero-order chi connectivity index (χ0) is 51.1. The minimum Gasteiger partial charge on any atom is -0.462 e. The molecule has 0 N–H and O–H groups in total. The van der Waals surface area contributed by atoms with Gasteiger partial charge in [0.2, 0.25) is 0 Å². The van der Waals surface area contributed by atoms with E-state index in [0.29, 0.717) is 12.8 Å². The Kier molecular flexibility index (Phi) is 43.0. The summed E-state index contributed by atoms with van der Waals surface area (Å²) in [5.41, 5.74) is -0.421. The summed E-state index contributed by atoms with van der Waals surface area (Å²) in [4.78, 5) is 55.6. The van der Waals surface area contributed by atoms with Crippen molar-refractivity contribution in [2.45, 2.75) is 273 Å². The van der Waals surface area contributed by atoms with E-state index >= 15 is 0 Å². The molecule has 0 aliphatic rings. The largest absolute Gasteiger partial charge is 0.462 e. The highest BCUT2D eigenvalue weighted by Gasteiger charge is 2.29. The van der Waals surface area contributed by atoms with Crippen LogP contribution in [0.2, 0.25) is 0 Å². The molecule has 402 valence electrons. The molecule has 0 aliphatic carbocycles. The molecule has 0 radical (unpaired) electrons. The molecule has 0 spiro atoms. The maximum Gasteiger partial charge on any atom is 0.339 e. The summed E-state index contributed by atoms with van der Waals surface area (Å²) < 4.78 is 23.2. The average molecular weight is 980 g/mol. The van der Waals surface area contributed by atoms with Crippen LogP contribution in [0.3, 0.4) is 0 Å². The molecule has 0 aromatic heterocycles. The van der Waals surface area contributed by atoms with Crippen LogP contribution < -0.4 is 0 Å². The summed E-state index contributed by atoms with van der Waals surface area (Å²) >= 11 is 0. The molecule has 8 heteroatoms. The number of esters is 4. The van der Waals surface area contributed by atoms with Crippen LogP contribution >= 0.6 is 0 Å². The Morgan fingerprint density at radius 3 is 0.886 bits per heavy atom. The van der Waals surface area contributed by atoms with Gasteiger partial charge in [0.25, 0.3) is 0 Å². The van der Waals surface area contributed by atoms with E-state index in [0.717, 1.165) is 103 Å². The number of carbonyl (C=O) groups is 4. The van der Waals surface area contributed by atoms with Crippen molar-refractivity contribution in [3.63, 3.8) is 0 Å². The smallest absolute Gasteiger partial charge is 0.339 e. The van der Waals surface area contributed by atoms with Crippen LogP contribution in [0.5, 0.6) is 0 Å². The Labute approximate surface area is 430 Å². The second-order valence-electron chi connectivity index (χ2n) is 20.1. The van der Waals surface area contributed by atoms with Gasteiger partial charge in [0.05, 0.1) is 48.7 Å². The Hall–Kier alpha value is -3.42. The molecule has 0 amide bonds. The fourth-order valence-corrected chi connectivity index (χ4v) is 8.80. The Bertz CT molecular complexity index is 1410. The van der Waals surface area contributed by atoms with Crippen molar-refractivity contribution in [1.29, 1.82) is 0 Å². The average Bonchev–Trinajstić information content (AvgIpc) is 3.37. The van der Waals surface area contributed by atoms with Gasteiger partial charge < -0.3 is 18.9 Å². The molecule has 70 heavy (non-hydrogen) atoms. The Morgan fingerprint density at radius 1 is 0.343 bits per heavy atom. The third-order valence-electron chi connectivity index (χ3n) is 13.8. The summed E-state index contributed by atoms with van der Waals surface area (Å²) in [5, 5.41) is 0. The summed E-state index contributed by atoms with van der Waals surface area (Å²) in [5.74, 6) is -2.59. The highest BCUT2D eigenvalue weighted by atomic mass is 16.5. The number of allylic oxidation sites excluding steroid dienone is 4. The highest BCUT2D eigenvalue weighted by Crippen LogP contribution is 2.25. The second-order valence-corrected chi connectivity index (χ2v) is 20.1. The van der Waals surface area contributed by atoms with Crippen LogP contribution in [0, 0.1) is 11.8 Å². The number of benzene rings is 1. The summed E-state index contributed by atoms with van der Waals surface area (Å²) in [6.45, 7) is 13.7. The lowest BCUT2D eigenvalue weighted by molar-refractivity contribution is 0.0390. The maximum absolute atomic E-state index is 13.9. The van der Waals surface area contributed by atoms with E-state index < -0.39 is 23.9 Å². The Balaban J connectivity index is 3.00.